The van der Waals surface area contributed by atoms with Gasteiger partial charge in [-0.05, 0) is 74.6 Å². The van der Waals surface area contributed by atoms with Crippen molar-refractivity contribution in [3.05, 3.63) is 95.1 Å². The van der Waals surface area contributed by atoms with E-state index in [4.69, 9.17) is 4.84 Å². The number of hydrogen-bond donors (Lipinski definition) is 1. The van der Waals surface area contributed by atoms with Crippen molar-refractivity contribution in [3.8, 4) is 0 Å². The highest BCUT2D eigenvalue weighted by Crippen LogP contribution is 2.36. The number of piperidine rings is 1. The molecule has 188 valence electrons. The Morgan fingerprint density at radius 2 is 1.47 bits per heavy atom. The Morgan fingerprint density at radius 1 is 0.917 bits per heavy atom. The zero-order valence-corrected chi connectivity index (χ0v) is 21.6. The molecule has 1 saturated heterocycles. The lowest BCUT2D eigenvalue weighted by atomic mass is 9.83. The maximum absolute atomic E-state index is 14.2. The van der Waals surface area contributed by atoms with Gasteiger partial charge in [-0.25, -0.2) is 0 Å². The zero-order valence-electron chi connectivity index (χ0n) is 21.6. The van der Waals surface area contributed by atoms with Crippen molar-refractivity contribution in [3.63, 3.8) is 0 Å². The van der Waals surface area contributed by atoms with Crippen LogP contribution in [0, 0.1) is 20.8 Å². The first-order valence-corrected chi connectivity index (χ1v) is 12.4. The molecule has 3 aromatic carbocycles. The first kappa shape index (κ1) is 25.6. The molecule has 0 radical (unpaired) electrons. The lowest BCUT2D eigenvalue weighted by Gasteiger charge is -2.47. The topological polar surface area (TPSA) is 61.9 Å². The van der Waals surface area contributed by atoms with E-state index in [1.807, 2.05) is 79.6 Å². The third-order valence-electron chi connectivity index (χ3n) is 7.12. The van der Waals surface area contributed by atoms with E-state index >= 15 is 0 Å². The van der Waals surface area contributed by atoms with Crippen molar-refractivity contribution >= 4 is 23.2 Å². The van der Waals surface area contributed by atoms with E-state index in [0.717, 1.165) is 22.4 Å². The predicted molar refractivity (Wildman–Crippen MR) is 144 cm³/mol. The van der Waals surface area contributed by atoms with Crippen LogP contribution in [0.4, 0.5) is 11.4 Å². The van der Waals surface area contributed by atoms with E-state index < -0.39 is 5.54 Å². The molecule has 0 aliphatic carbocycles. The number of carbonyl (C=O) groups excluding carboxylic acids is 2. The number of nitrogens with one attached hydrogen (secondary N) is 1. The maximum atomic E-state index is 14.2. The minimum atomic E-state index is -1.06. The van der Waals surface area contributed by atoms with Crippen LogP contribution < -0.4 is 10.2 Å². The van der Waals surface area contributed by atoms with E-state index in [0.29, 0.717) is 31.6 Å². The van der Waals surface area contributed by atoms with Gasteiger partial charge >= 0.3 is 0 Å². The van der Waals surface area contributed by atoms with Crippen molar-refractivity contribution < 1.29 is 14.4 Å². The molecule has 0 atom stereocenters. The van der Waals surface area contributed by atoms with Gasteiger partial charge in [0.05, 0.1) is 13.5 Å². The van der Waals surface area contributed by atoms with Gasteiger partial charge in [0, 0.05) is 24.5 Å². The Labute approximate surface area is 213 Å². The molecule has 0 saturated carbocycles. The molecule has 1 fully saturated rings. The number of rotatable bonds is 7. The number of hydrogen-bond acceptors (Lipinski definition) is 4. The van der Waals surface area contributed by atoms with Crippen LogP contribution >= 0.6 is 0 Å². The Balaban J connectivity index is 1.77. The van der Waals surface area contributed by atoms with Crippen LogP contribution in [0.15, 0.2) is 72.8 Å². The number of para-hydroxylation sites is 2. The van der Waals surface area contributed by atoms with Crippen LogP contribution in [0.5, 0.6) is 0 Å². The van der Waals surface area contributed by atoms with E-state index in [1.54, 1.807) is 12.0 Å². The average Bonchev–Trinajstić information content (AvgIpc) is 2.88. The minimum absolute atomic E-state index is 0.0923. The van der Waals surface area contributed by atoms with E-state index in [9.17, 15) is 9.59 Å². The number of benzene rings is 3. The average molecular weight is 486 g/mol. The molecule has 0 aromatic heterocycles. The minimum Gasteiger partial charge on any atom is -0.324 e. The van der Waals surface area contributed by atoms with Gasteiger partial charge in [-0.1, -0.05) is 54.1 Å². The number of nitrogens with zero attached hydrogens (tertiary/aromatic N) is 2. The summed E-state index contributed by atoms with van der Waals surface area (Å²) < 4.78 is 0. The van der Waals surface area contributed by atoms with Gasteiger partial charge in [0.25, 0.3) is 5.91 Å². The van der Waals surface area contributed by atoms with Crippen LogP contribution in [0.25, 0.3) is 0 Å². The van der Waals surface area contributed by atoms with Crippen LogP contribution in [-0.2, 0) is 20.8 Å². The molecule has 6 heteroatoms. The normalized spacial score (nSPS) is 15.3. The SMILES string of the molecule is CON1CCC(C(=O)Nc2ccccc2)(N(C(=O)Cc2c(C)cc(C)cc2C)c2ccccc2)CC1. The van der Waals surface area contributed by atoms with Crippen molar-refractivity contribution in [1.29, 1.82) is 0 Å². The summed E-state index contributed by atoms with van der Waals surface area (Å²) in [6.45, 7) is 7.24. The second-order valence-electron chi connectivity index (χ2n) is 9.58. The molecule has 0 spiro atoms. The molecule has 1 aliphatic heterocycles. The Kier molecular flexibility index (Phi) is 7.87. The summed E-state index contributed by atoms with van der Waals surface area (Å²) in [5.41, 5.74) is 4.74. The Hall–Kier alpha value is -3.48. The predicted octanol–water partition coefficient (Wildman–Crippen LogP) is 5.22. The van der Waals surface area contributed by atoms with Gasteiger partial charge in [0.2, 0.25) is 5.91 Å². The van der Waals surface area contributed by atoms with Crippen LogP contribution in [0.1, 0.15) is 35.1 Å². The number of carbonyl (C=O) groups is 2. The molecule has 1 N–H and O–H groups in total. The molecule has 4 rings (SSSR count). The van der Waals surface area contributed by atoms with Crippen molar-refractivity contribution in [2.45, 2.75) is 45.6 Å². The summed E-state index contributed by atoms with van der Waals surface area (Å²) in [6, 6.07) is 23.2. The van der Waals surface area contributed by atoms with Crippen molar-refractivity contribution in [2.24, 2.45) is 0 Å². The fourth-order valence-electron chi connectivity index (χ4n) is 5.29. The second-order valence-corrected chi connectivity index (χ2v) is 9.58. The summed E-state index contributed by atoms with van der Waals surface area (Å²) in [4.78, 5) is 35.5. The fourth-order valence-corrected chi connectivity index (χ4v) is 5.29. The fraction of sp³-hybridized carbons (Fsp3) is 0.333. The van der Waals surface area contributed by atoms with E-state index in [2.05, 4.69) is 24.4 Å². The molecule has 2 amide bonds. The molecule has 1 aliphatic rings. The second kappa shape index (κ2) is 11.1. The smallest absolute Gasteiger partial charge is 0.250 e. The molecule has 1 heterocycles. The van der Waals surface area contributed by atoms with Gasteiger partial charge < -0.3 is 10.2 Å². The van der Waals surface area contributed by atoms with Crippen molar-refractivity contribution in [2.75, 3.05) is 30.4 Å². The first-order chi connectivity index (χ1) is 17.3. The van der Waals surface area contributed by atoms with Crippen LogP contribution in [0.3, 0.4) is 0 Å². The van der Waals surface area contributed by atoms with Gasteiger partial charge in [-0.15, -0.1) is 0 Å². The number of amides is 2. The van der Waals surface area contributed by atoms with Crippen LogP contribution in [-0.4, -0.2) is 42.6 Å². The summed E-state index contributed by atoms with van der Waals surface area (Å²) >= 11 is 0. The van der Waals surface area contributed by atoms with Gasteiger partial charge in [0.15, 0.2) is 0 Å². The van der Waals surface area contributed by atoms with Crippen molar-refractivity contribution in [1.82, 2.24) is 5.06 Å². The third-order valence-corrected chi connectivity index (χ3v) is 7.12. The standard InChI is InChI=1S/C30H35N3O3/c1-22-19-23(2)27(24(3)20-22)21-28(34)33(26-13-9-6-10-14-26)30(15-17-32(36-4)18-16-30)29(35)31-25-11-7-5-8-12-25/h5-14,19-20H,15-18,21H2,1-4H3,(H,31,35). The number of anilines is 2. The number of hydroxylamine groups is 2. The third kappa shape index (κ3) is 5.35. The summed E-state index contributed by atoms with van der Waals surface area (Å²) in [7, 11) is 1.64. The summed E-state index contributed by atoms with van der Waals surface area (Å²) in [5.74, 6) is -0.274. The maximum Gasteiger partial charge on any atom is 0.250 e. The lowest BCUT2D eigenvalue weighted by Crippen LogP contribution is -2.64. The molecular formula is C30H35N3O3. The first-order valence-electron chi connectivity index (χ1n) is 12.4. The quantitative estimate of drug-likeness (QED) is 0.498. The largest absolute Gasteiger partial charge is 0.324 e. The number of aryl methyl sites for hydroxylation is 3. The van der Waals surface area contributed by atoms with Gasteiger partial charge in [-0.3, -0.25) is 14.5 Å². The molecule has 0 bridgehead atoms. The van der Waals surface area contributed by atoms with E-state index in [1.165, 1.54) is 5.56 Å². The highest BCUT2D eigenvalue weighted by molar-refractivity contribution is 6.08. The molecule has 0 unspecified atom stereocenters. The highest BCUT2D eigenvalue weighted by atomic mass is 16.7. The summed E-state index contributed by atoms with van der Waals surface area (Å²) in [6.07, 6.45) is 1.12. The Bertz CT molecular complexity index is 1180. The molecular weight excluding hydrogens is 450 g/mol. The lowest BCUT2D eigenvalue weighted by molar-refractivity contribution is -0.157. The summed E-state index contributed by atoms with van der Waals surface area (Å²) in [5, 5.41) is 4.94. The molecule has 6 nitrogen and oxygen atoms in total. The van der Waals surface area contributed by atoms with Gasteiger partial charge in [-0.2, -0.15) is 5.06 Å². The highest BCUT2D eigenvalue weighted by Gasteiger charge is 2.49. The van der Waals surface area contributed by atoms with Gasteiger partial charge in [0.1, 0.15) is 5.54 Å². The molecule has 36 heavy (non-hydrogen) atoms. The van der Waals surface area contributed by atoms with Crippen LogP contribution in [0.2, 0.25) is 0 Å². The monoisotopic (exact) mass is 485 g/mol. The Morgan fingerprint density at radius 3 is 2.03 bits per heavy atom. The zero-order chi connectivity index (χ0) is 25.7. The molecule has 3 aromatic rings. The van der Waals surface area contributed by atoms with E-state index in [-0.39, 0.29) is 18.2 Å².